The van der Waals surface area contributed by atoms with E-state index in [-0.39, 0.29) is 0 Å². The molecule has 0 atom stereocenters. The maximum atomic E-state index is 5.37. The van der Waals surface area contributed by atoms with Crippen molar-refractivity contribution in [2.24, 2.45) is 0 Å². The van der Waals surface area contributed by atoms with Gasteiger partial charge in [0, 0.05) is 26.2 Å². The molecule has 0 bridgehead atoms. The normalized spacial score (nSPS) is 14.9. The van der Waals surface area contributed by atoms with Gasteiger partial charge in [-0.15, -0.1) is 5.10 Å². The van der Waals surface area contributed by atoms with Gasteiger partial charge in [0.25, 0.3) is 0 Å². The summed E-state index contributed by atoms with van der Waals surface area (Å²) in [6, 6.07) is 10.4. The number of nitrogens with zero attached hydrogens (tertiary/aromatic N) is 5. The van der Waals surface area contributed by atoms with E-state index in [0.29, 0.717) is 5.95 Å². The van der Waals surface area contributed by atoms with Gasteiger partial charge in [-0.2, -0.15) is 10.1 Å². The SMILES string of the molecule is CCN(Cc1ccccc1)c1cnnc(N2CCOCC2)n1. The Labute approximate surface area is 130 Å². The molecule has 1 fully saturated rings. The number of aromatic nitrogens is 3. The van der Waals surface area contributed by atoms with Crippen molar-refractivity contribution in [3.05, 3.63) is 42.1 Å². The van der Waals surface area contributed by atoms with Crippen molar-refractivity contribution >= 4 is 11.8 Å². The van der Waals surface area contributed by atoms with Gasteiger partial charge in [-0.3, -0.25) is 0 Å². The van der Waals surface area contributed by atoms with E-state index < -0.39 is 0 Å². The fourth-order valence-electron chi connectivity index (χ4n) is 2.49. The predicted octanol–water partition coefficient (Wildman–Crippen LogP) is 1.73. The lowest BCUT2D eigenvalue weighted by Crippen LogP contribution is -2.37. The van der Waals surface area contributed by atoms with Crippen LogP contribution >= 0.6 is 0 Å². The van der Waals surface area contributed by atoms with Crippen molar-refractivity contribution in [3.63, 3.8) is 0 Å². The van der Waals surface area contributed by atoms with Gasteiger partial charge >= 0.3 is 0 Å². The van der Waals surface area contributed by atoms with Crippen LogP contribution in [0.5, 0.6) is 0 Å². The Bertz CT molecular complexity index is 586. The van der Waals surface area contributed by atoms with Crippen molar-refractivity contribution < 1.29 is 4.74 Å². The molecule has 1 aliphatic rings. The van der Waals surface area contributed by atoms with Gasteiger partial charge in [-0.1, -0.05) is 30.3 Å². The molecule has 1 aromatic carbocycles. The summed E-state index contributed by atoms with van der Waals surface area (Å²) in [5.41, 5.74) is 1.26. The lowest BCUT2D eigenvalue weighted by Gasteiger charge is -2.28. The van der Waals surface area contributed by atoms with Gasteiger partial charge in [-0.25, -0.2) is 0 Å². The maximum absolute atomic E-state index is 5.37. The minimum atomic E-state index is 0.687. The second-order valence-corrected chi connectivity index (χ2v) is 5.21. The smallest absolute Gasteiger partial charge is 0.247 e. The zero-order chi connectivity index (χ0) is 15.2. The molecule has 1 aliphatic heterocycles. The number of anilines is 2. The van der Waals surface area contributed by atoms with Crippen LogP contribution in [-0.2, 0) is 11.3 Å². The van der Waals surface area contributed by atoms with Gasteiger partial charge in [0.1, 0.15) is 0 Å². The minimum absolute atomic E-state index is 0.687. The first-order valence-corrected chi connectivity index (χ1v) is 7.68. The van der Waals surface area contributed by atoms with Crippen LogP contribution in [0.3, 0.4) is 0 Å². The summed E-state index contributed by atoms with van der Waals surface area (Å²) in [6.45, 7) is 6.88. The molecular formula is C16H21N5O. The average molecular weight is 299 g/mol. The summed E-state index contributed by atoms with van der Waals surface area (Å²) in [5, 5.41) is 8.30. The Morgan fingerprint density at radius 2 is 1.95 bits per heavy atom. The highest BCUT2D eigenvalue weighted by Gasteiger charge is 2.16. The van der Waals surface area contributed by atoms with E-state index in [4.69, 9.17) is 4.74 Å². The van der Waals surface area contributed by atoms with Crippen LogP contribution in [0.25, 0.3) is 0 Å². The first kappa shape index (κ1) is 14.7. The summed E-state index contributed by atoms with van der Waals surface area (Å²) >= 11 is 0. The van der Waals surface area contributed by atoms with Crippen LogP contribution in [0.1, 0.15) is 12.5 Å². The standard InChI is InChI=1S/C16H21N5O/c1-2-20(13-14-6-4-3-5-7-14)15-12-17-19-16(18-15)21-8-10-22-11-9-21/h3-7,12H,2,8-11,13H2,1H3. The maximum Gasteiger partial charge on any atom is 0.247 e. The van der Waals surface area contributed by atoms with Gasteiger partial charge in [0.05, 0.1) is 19.4 Å². The molecule has 1 aromatic heterocycles. The summed E-state index contributed by atoms with van der Waals surface area (Å²) in [5.74, 6) is 1.55. The van der Waals surface area contributed by atoms with Gasteiger partial charge in [0.2, 0.25) is 5.95 Å². The summed E-state index contributed by atoms with van der Waals surface area (Å²) in [7, 11) is 0. The molecule has 22 heavy (non-hydrogen) atoms. The third-order valence-electron chi connectivity index (χ3n) is 3.75. The number of hydrogen-bond donors (Lipinski definition) is 0. The van der Waals surface area contributed by atoms with E-state index in [0.717, 1.165) is 45.2 Å². The Balaban J connectivity index is 1.77. The lowest BCUT2D eigenvalue weighted by atomic mass is 10.2. The molecular weight excluding hydrogens is 278 g/mol. The highest BCUT2D eigenvalue weighted by molar-refractivity contribution is 5.42. The van der Waals surface area contributed by atoms with Crippen molar-refractivity contribution in [1.29, 1.82) is 0 Å². The quantitative estimate of drug-likeness (QED) is 0.838. The third kappa shape index (κ3) is 3.51. The Morgan fingerprint density at radius 1 is 1.18 bits per heavy atom. The first-order valence-electron chi connectivity index (χ1n) is 7.68. The van der Waals surface area contributed by atoms with E-state index in [1.807, 2.05) is 6.07 Å². The van der Waals surface area contributed by atoms with Crippen LogP contribution in [0.2, 0.25) is 0 Å². The van der Waals surface area contributed by atoms with Gasteiger partial charge in [-0.05, 0) is 12.5 Å². The van der Waals surface area contributed by atoms with Crippen LogP contribution in [0.4, 0.5) is 11.8 Å². The van der Waals surface area contributed by atoms with Crippen LogP contribution < -0.4 is 9.80 Å². The van der Waals surface area contributed by atoms with Gasteiger partial charge < -0.3 is 14.5 Å². The molecule has 0 aliphatic carbocycles. The molecule has 6 nitrogen and oxygen atoms in total. The van der Waals surface area contributed by atoms with Gasteiger partial charge in [0.15, 0.2) is 5.82 Å². The number of rotatable bonds is 5. The molecule has 0 N–H and O–H groups in total. The lowest BCUT2D eigenvalue weighted by molar-refractivity contribution is 0.122. The molecule has 0 spiro atoms. The Kier molecular flexibility index (Phi) is 4.80. The molecule has 2 aromatic rings. The Hall–Kier alpha value is -2.21. The molecule has 0 unspecified atom stereocenters. The first-order chi connectivity index (χ1) is 10.9. The zero-order valence-electron chi connectivity index (χ0n) is 12.9. The van der Waals surface area contributed by atoms with Crippen LogP contribution in [-0.4, -0.2) is 48.0 Å². The third-order valence-corrected chi connectivity index (χ3v) is 3.75. The van der Waals surface area contributed by atoms with Crippen molar-refractivity contribution in [2.45, 2.75) is 13.5 Å². The molecule has 0 radical (unpaired) electrons. The number of hydrogen-bond acceptors (Lipinski definition) is 6. The molecule has 0 saturated carbocycles. The zero-order valence-corrected chi connectivity index (χ0v) is 12.9. The van der Waals surface area contributed by atoms with E-state index in [1.54, 1.807) is 6.20 Å². The Morgan fingerprint density at radius 3 is 2.68 bits per heavy atom. The topological polar surface area (TPSA) is 54.4 Å². The number of morpholine rings is 1. The molecule has 1 saturated heterocycles. The average Bonchev–Trinajstić information content (AvgIpc) is 2.61. The van der Waals surface area contributed by atoms with Crippen molar-refractivity contribution in [2.75, 3.05) is 42.6 Å². The summed E-state index contributed by atoms with van der Waals surface area (Å²) in [4.78, 5) is 9.01. The molecule has 6 heteroatoms. The highest BCUT2D eigenvalue weighted by Crippen LogP contribution is 2.17. The summed E-state index contributed by atoms with van der Waals surface area (Å²) in [6.07, 6.45) is 1.73. The predicted molar refractivity (Wildman–Crippen MR) is 86.0 cm³/mol. The number of benzene rings is 1. The van der Waals surface area contributed by atoms with Crippen molar-refractivity contribution in [3.8, 4) is 0 Å². The number of ether oxygens (including phenoxy) is 1. The van der Waals surface area contributed by atoms with Crippen LogP contribution in [0, 0.1) is 0 Å². The van der Waals surface area contributed by atoms with Crippen LogP contribution in [0.15, 0.2) is 36.5 Å². The molecule has 3 rings (SSSR count). The fourth-order valence-corrected chi connectivity index (χ4v) is 2.49. The van der Waals surface area contributed by atoms with E-state index in [1.165, 1.54) is 5.56 Å². The largest absolute Gasteiger partial charge is 0.378 e. The molecule has 116 valence electrons. The minimum Gasteiger partial charge on any atom is -0.378 e. The molecule has 0 amide bonds. The monoisotopic (exact) mass is 299 g/mol. The summed E-state index contributed by atoms with van der Waals surface area (Å²) < 4.78 is 5.37. The van der Waals surface area contributed by atoms with E-state index in [9.17, 15) is 0 Å². The highest BCUT2D eigenvalue weighted by atomic mass is 16.5. The van der Waals surface area contributed by atoms with E-state index in [2.05, 4.69) is 56.2 Å². The van der Waals surface area contributed by atoms with Crippen molar-refractivity contribution in [1.82, 2.24) is 15.2 Å². The molecule has 2 heterocycles. The second-order valence-electron chi connectivity index (χ2n) is 5.21. The van der Waals surface area contributed by atoms with E-state index >= 15 is 0 Å². The fraction of sp³-hybridized carbons (Fsp3) is 0.438. The second kappa shape index (κ2) is 7.17.